The Morgan fingerprint density at radius 2 is 2.15 bits per heavy atom. The minimum Gasteiger partial charge on any atom is -0.483 e. The number of anilines is 1. The summed E-state index contributed by atoms with van der Waals surface area (Å²) in [4.78, 5) is 7.79. The van der Waals surface area contributed by atoms with Crippen molar-refractivity contribution in [3.8, 4) is 17.4 Å². The van der Waals surface area contributed by atoms with E-state index in [1.807, 2.05) is 32.0 Å². The van der Waals surface area contributed by atoms with Gasteiger partial charge in [-0.2, -0.15) is 4.98 Å². The molecule has 0 amide bonds. The quantitative estimate of drug-likeness (QED) is 0.860. The second-order valence-corrected chi connectivity index (χ2v) is 5.66. The molecule has 2 aromatic rings. The van der Waals surface area contributed by atoms with E-state index in [0.717, 1.165) is 17.7 Å². The van der Waals surface area contributed by atoms with Gasteiger partial charge in [-0.1, -0.05) is 23.7 Å². The summed E-state index contributed by atoms with van der Waals surface area (Å²) in [6, 6.07) is 7.28. The van der Waals surface area contributed by atoms with E-state index < -0.39 is 0 Å². The predicted octanol–water partition coefficient (Wildman–Crippen LogP) is 3.22. The number of halogens is 1. The molecule has 1 aliphatic heterocycles. The van der Waals surface area contributed by atoms with Crippen LogP contribution in [0, 0.1) is 0 Å². The van der Waals surface area contributed by atoms with Crippen LogP contribution in [-0.4, -0.2) is 15.6 Å². The van der Waals surface area contributed by atoms with Gasteiger partial charge in [0, 0.05) is 18.1 Å². The summed E-state index contributed by atoms with van der Waals surface area (Å²) >= 11 is 5.84. The van der Waals surface area contributed by atoms with Crippen LogP contribution in [0.5, 0.6) is 17.4 Å². The van der Waals surface area contributed by atoms with Crippen LogP contribution in [0.2, 0.25) is 5.15 Å². The number of ether oxygens (including phenoxy) is 2. The van der Waals surface area contributed by atoms with Gasteiger partial charge >= 0.3 is 0 Å². The van der Waals surface area contributed by atoms with E-state index in [9.17, 15) is 0 Å². The summed E-state index contributed by atoms with van der Waals surface area (Å²) in [6.45, 7) is 4.08. The Balaban J connectivity index is 1.95. The molecule has 1 aliphatic rings. The Morgan fingerprint density at radius 3 is 2.90 bits per heavy atom. The smallest absolute Gasteiger partial charge is 0.225 e. The molecule has 0 spiro atoms. The second kappa shape index (κ2) is 4.52. The standard InChI is InChI=1S/C14H14ClN3O2/c1-14(2)7-8-4-3-5-9(12(8)20-14)19-11-6-10(15)17-13(16)18-11/h3-6H,7H2,1-2H3,(H2,16,17,18). The molecule has 2 heterocycles. The lowest BCUT2D eigenvalue weighted by Gasteiger charge is -2.18. The van der Waals surface area contributed by atoms with E-state index in [-0.39, 0.29) is 16.7 Å². The van der Waals surface area contributed by atoms with Gasteiger partial charge in [-0.25, -0.2) is 4.98 Å². The molecule has 5 nitrogen and oxygen atoms in total. The van der Waals surface area contributed by atoms with E-state index >= 15 is 0 Å². The Labute approximate surface area is 121 Å². The summed E-state index contributed by atoms with van der Waals surface area (Å²) in [5.74, 6) is 1.71. The molecule has 0 atom stereocenters. The first-order valence-corrected chi connectivity index (χ1v) is 6.60. The normalized spacial score (nSPS) is 15.6. The Kier molecular flexibility index (Phi) is 2.94. The van der Waals surface area contributed by atoms with Crippen LogP contribution in [0.3, 0.4) is 0 Å². The number of rotatable bonds is 2. The van der Waals surface area contributed by atoms with E-state index in [4.69, 9.17) is 26.8 Å². The van der Waals surface area contributed by atoms with Crippen molar-refractivity contribution in [1.82, 2.24) is 9.97 Å². The first kappa shape index (κ1) is 13.0. The maximum atomic E-state index is 5.93. The summed E-state index contributed by atoms with van der Waals surface area (Å²) in [6.07, 6.45) is 0.839. The van der Waals surface area contributed by atoms with E-state index in [2.05, 4.69) is 9.97 Å². The van der Waals surface area contributed by atoms with Crippen LogP contribution in [0.15, 0.2) is 24.3 Å². The van der Waals surface area contributed by atoms with Crippen molar-refractivity contribution in [1.29, 1.82) is 0 Å². The maximum Gasteiger partial charge on any atom is 0.225 e. The third-order valence-corrected chi connectivity index (χ3v) is 3.15. The van der Waals surface area contributed by atoms with Gasteiger partial charge in [0.1, 0.15) is 10.8 Å². The Bertz CT molecular complexity index is 653. The molecule has 0 unspecified atom stereocenters. The summed E-state index contributed by atoms with van der Waals surface area (Å²) in [5, 5.41) is 0.237. The van der Waals surface area contributed by atoms with Crippen LogP contribution in [0.25, 0.3) is 0 Å². The van der Waals surface area contributed by atoms with Gasteiger partial charge in [-0.15, -0.1) is 0 Å². The van der Waals surface area contributed by atoms with Crippen LogP contribution >= 0.6 is 11.6 Å². The molecule has 0 aliphatic carbocycles. The van der Waals surface area contributed by atoms with Gasteiger partial charge in [-0.05, 0) is 19.9 Å². The highest BCUT2D eigenvalue weighted by Crippen LogP contribution is 2.43. The highest BCUT2D eigenvalue weighted by Gasteiger charge is 2.32. The lowest BCUT2D eigenvalue weighted by atomic mass is 10.0. The minimum absolute atomic E-state index is 0.0707. The molecular weight excluding hydrogens is 278 g/mol. The Morgan fingerprint density at radius 1 is 1.35 bits per heavy atom. The topological polar surface area (TPSA) is 70.3 Å². The fourth-order valence-electron chi connectivity index (χ4n) is 2.25. The van der Waals surface area contributed by atoms with E-state index in [1.54, 1.807) is 0 Å². The first-order chi connectivity index (χ1) is 9.43. The van der Waals surface area contributed by atoms with Gasteiger partial charge in [0.25, 0.3) is 0 Å². The zero-order chi connectivity index (χ0) is 14.3. The number of nitrogens with zero attached hydrogens (tertiary/aromatic N) is 2. The molecule has 0 fully saturated rings. The number of benzene rings is 1. The van der Waals surface area contributed by atoms with Crippen molar-refractivity contribution < 1.29 is 9.47 Å². The average molecular weight is 292 g/mol. The number of aromatic nitrogens is 2. The number of hydrogen-bond acceptors (Lipinski definition) is 5. The largest absolute Gasteiger partial charge is 0.483 e. The zero-order valence-electron chi connectivity index (χ0n) is 11.2. The molecule has 0 saturated heterocycles. The molecule has 3 rings (SSSR count). The van der Waals surface area contributed by atoms with Gasteiger partial charge in [0.2, 0.25) is 11.8 Å². The molecule has 0 radical (unpaired) electrons. The number of nitrogen functional groups attached to an aromatic ring is 1. The summed E-state index contributed by atoms with van der Waals surface area (Å²) in [7, 11) is 0. The van der Waals surface area contributed by atoms with Crippen LogP contribution < -0.4 is 15.2 Å². The van der Waals surface area contributed by atoms with Crippen molar-refractivity contribution in [2.75, 3.05) is 5.73 Å². The molecule has 2 N–H and O–H groups in total. The van der Waals surface area contributed by atoms with E-state index in [1.165, 1.54) is 6.07 Å². The van der Waals surface area contributed by atoms with Gasteiger partial charge < -0.3 is 15.2 Å². The number of fused-ring (bicyclic) bond motifs is 1. The molecule has 104 valence electrons. The van der Waals surface area contributed by atoms with Crippen molar-refractivity contribution >= 4 is 17.5 Å². The fourth-order valence-corrected chi connectivity index (χ4v) is 2.43. The van der Waals surface area contributed by atoms with Crippen LogP contribution in [0.4, 0.5) is 5.95 Å². The molecular formula is C14H14ClN3O2. The third kappa shape index (κ3) is 2.49. The van der Waals surface area contributed by atoms with Gasteiger partial charge in [-0.3, -0.25) is 0 Å². The highest BCUT2D eigenvalue weighted by atomic mass is 35.5. The monoisotopic (exact) mass is 291 g/mol. The number of para-hydroxylation sites is 1. The minimum atomic E-state index is -0.232. The van der Waals surface area contributed by atoms with Gasteiger partial charge in [0.15, 0.2) is 11.5 Å². The van der Waals surface area contributed by atoms with Crippen LogP contribution in [0.1, 0.15) is 19.4 Å². The van der Waals surface area contributed by atoms with Crippen molar-refractivity contribution in [3.63, 3.8) is 0 Å². The number of hydrogen-bond donors (Lipinski definition) is 1. The fraction of sp³-hybridized carbons (Fsp3) is 0.286. The average Bonchev–Trinajstić information content (AvgIpc) is 2.63. The molecule has 6 heteroatoms. The van der Waals surface area contributed by atoms with Gasteiger partial charge in [0.05, 0.1) is 0 Å². The Hall–Kier alpha value is -2.01. The highest BCUT2D eigenvalue weighted by molar-refractivity contribution is 6.29. The van der Waals surface area contributed by atoms with E-state index in [0.29, 0.717) is 11.6 Å². The SMILES string of the molecule is CC1(C)Cc2cccc(Oc3cc(Cl)nc(N)n3)c2O1. The third-order valence-electron chi connectivity index (χ3n) is 2.96. The second-order valence-electron chi connectivity index (χ2n) is 5.27. The molecule has 20 heavy (non-hydrogen) atoms. The maximum absolute atomic E-state index is 5.93. The van der Waals surface area contributed by atoms with Crippen LogP contribution in [-0.2, 0) is 6.42 Å². The number of nitrogens with two attached hydrogens (primary N) is 1. The predicted molar refractivity (Wildman–Crippen MR) is 76.4 cm³/mol. The van der Waals surface area contributed by atoms with Crippen molar-refractivity contribution in [2.24, 2.45) is 0 Å². The van der Waals surface area contributed by atoms with Crippen molar-refractivity contribution in [2.45, 2.75) is 25.9 Å². The molecule has 1 aromatic heterocycles. The van der Waals surface area contributed by atoms with Crippen molar-refractivity contribution in [3.05, 3.63) is 35.0 Å². The lowest BCUT2D eigenvalue weighted by Crippen LogP contribution is -2.24. The molecule has 0 bridgehead atoms. The summed E-state index contributed by atoms with van der Waals surface area (Å²) < 4.78 is 11.7. The zero-order valence-corrected chi connectivity index (χ0v) is 11.9. The summed E-state index contributed by atoms with van der Waals surface area (Å²) in [5.41, 5.74) is 6.43. The first-order valence-electron chi connectivity index (χ1n) is 6.22. The molecule has 0 saturated carbocycles. The molecule has 1 aromatic carbocycles. The lowest BCUT2D eigenvalue weighted by molar-refractivity contribution is 0.135.